The summed E-state index contributed by atoms with van der Waals surface area (Å²) in [6.45, 7) is 7.32. The Hall–Kier alpha value is -1.13. The van der Waals surface area contributed by atoms with Crippen LogP contribution >= 0.6 is 11.3 Å². The van der Waals surface area contributed by atoms with Crippen molar-refractivity contribution < 1.29 is 0 Å². The normalized spacial score (nSPS) is 11.4. The third-order valence-corrected chi connectivity index (χ3v) is 3.59. The van der Waals surface area contributed by atoms with Gasteiger partial charge in [0.25, 0.3) is 0 Å². The first-order valence-corrected chi connectivity index (χ1v) is 6.70. The van der Waals surface area contributed by atoms with Crippen LogP contribution in [0.3, 0.4) is 0 Å². The third kappa shape index (κ3) is 2.96. The number of aryl methyl sites for hydroxylation is 2. The van der Waals surface area contributed by atoms with Crippen molar-refractivity contribution in [2.45, 2.75) is 33.4 Å². The van der Waals surface area contributed by atoms with Crippen LogP contribution < -0.4 is 5.32 Å². The molecule has 0 aliphatic carbocycles. The topological polar surface area (TPSA) is 29.9 Å². The Kier molecular flexibility index (Phi) is 3.64. The number of nitrogens with zero attached hydrogens (tertiary/aromatic N) is 2. The van der Waals surface area contributed by atoms with Crippen LogP contribution in [-0.2, 0) is 13.6 Å². The van der Waals surface area contributed by atoms with E-state index in [4.69, 9.17) is 0 Å². The van der Waals surface area contributed by atoms with Crippen molar-refractivity contribution in [1.82, 2.24) is 15.1 Å². The van der Waals surface area contributed by atoms with Crippen LogP contribution in [0, 0.1) is 6.92 Å². The van der Waals surface area contributed by atoms with Crippen molar-refractivity contribution in [2.24, 2.45) is 7.05 Å². The zero-order valence-electron chi connectivity index (χ0n) is 10.8. The molecular formula is C13H19N3S. The maximum Gasteiger partial charge on any atom is 0.107 e. The van der Waals surface area contributed by atoms with Crippen LogP contribution in [0.2, 0.25) is 0 Å². The summed E-state index contributed by atoms with van der Waals surface area (Å²) in [5.41, 5.74) is 2.38. The molecule has 0 radical (unpaired) electrons. The van der Waals surface area contributed by atoms with E-state index < -0.39 is 0 Å². The Labute approximate surface area is 106 Å². The number of hydrogen-bond donors (Lipinski definition) is 1. The molecule has 0 fully saturated rings. The molecule has 0 bridgehead atoms. The summed E-state index contributed by atoms with van der Waals surface area (Å²) in [6, 6.07) is 4.79. The molecule has 3 nitrogen and oxygen atoms in total. The van der Waals surface area contributed by atoms with Gasteiger partial charge in [-0.3, -0.25) is 4.68 Å². The Morgan fingerprint density at radius 2 is 2.18 bits per heavy atom. The summed E-state index contributed by atoms with van der Waals surface area (Å²) >= 11 is 1.80. The minimum Gasteiger partial charge on any atom is -0.310 e. The van der Waals surface area contributed by atoms with E-state index in [1.165, 1.54) is 15.3 Å². The lowest BCUT2D eigenvalue weighted by Crippen LogP contribution is -2.21. The lowest BCUT2D eigenvalue weighted by Gasteiger charge is -2.07. The second kappa shape index (κ2) is 5.02. The summed E-state index contributed by atoms with van der Waals surface area (Å²) in [7, 11) is 1.98. The fourth-order valence-corrected chi connectivity index (χ4v) is 2.64. The summed E-state index contributed by atoms with van der Waals surface area (Å²) in [6.07, 6.45) is 2.10. The number of rotatable bonds is 4. The Morgan fingerprint density at radius 3 is 2.76 bits per heavy atom. The van der Waals surface area contributed by atoms with Crippen molar-refractivity contribution in [3.8, 4) is 10.6 Å². The van der Waals surface area contributed by atoms with Gasteiger partial charge in [0, 0.05) is 36.3 Å². The van der Waals surface area contributed by atoms with Gasteiger partial charge in [-0.15, -0.1) is 11.3 Å². The van der Waals surface area contributed by atoms with E-state index in [9.17, 15) is 0 Å². The van der Waals surface area contributed by atoms with Gasteiger partial charge < -0.3 is 5.32 Å². The predicted molar refractivity (Wildman–Crippen MR) is 73.2 cm³/mol. The smallest absolute Gasteiger partial charge is 0.107 e. The van der Waals surface area contributed by atoms with Crippen LogP contribution in [0.25, 0.3) is 10.6 Å². The van der Waals surface area contributed by atoms with Gasteiger partial charge in [-0.1, -0.05) is 13.8 Å². The summed E-state index contributed by atoms with van der Waals surface area (Å²) in [5.74, 6) is 0. The Bertz CT molecular complexity index is 496. The van der Waals surface area contributed by atoms with E-state index >= 15 is 0 Å². The highest BCUT2D eigenvalue weighted by Crippen LogP contribution is 2.29. The predicted octanol–water partition coefficient (Wildman–Crippen LogP) is 2.96. The second-order valence-corrected chi connectivity index (χ2v) is 5.91. The highest BCUT2D eigenvalue weighted by molar-refractivity contribution is 7.15. The summed E-state index contributed by atoms with van der Waals surface area (Å²) in [5, 5.41) is 8.00. The van der Waals surface area contributed by atoms with E-state index in [0.29, 0.717) is 6.04 Å². The molecule has 0 saturated carbocycles. The molecule has 0 amide bonds. The number of aromatic nitrogens is 2. The summed E-state index contributed by atoms with van der Waals surface area (Å²) < 4.78 is 1.89. The Balaban J connectivity index is 2.27. The van der Waals surface area contributed by atoms with Gasteiger partial charge in [-0.05, 0) is 19.1 Å². The van der Waals surface area contributed by atoms with Crippen LogP contribution in [0.5, 0.6) is 0 Å². The molecule has 0 aliphatic heterocycles. The van der Waals surface area contributed by atoms with Crippen molar-refractivity contribution in [3.05, 3.63) is 28.8 Å². The molecule has 2 heterocycles. The van der Waals surface area contributed by atoms with Crippen molar-refractivity contribution in [3.63, 3.8) is 0 Å². The number of hydrogen-bond acceptors (Lipinski definition) is 3. The zero-order valence-corrected chi connectivity index (χ0v) is 11.6. The molecule has 2 aromatic heterocycles. The molecule has 1 N–H and O–H groups in total. The van der Waals surface area contributed by atoms with Gasteiger partial charge in [0.05, 0.1) is 4.88 Å². The Morgan fingerprint density at radius 1 is 1.41 bits per heavy atom. The largest absolute Gasteiger partial charge is 0.310 e. The fourth-order valence-electron chi connectivity index (χ4n) is 1.75. The first kappa shape index (κ1) is 12.3. The van der Waals surface area contributed by atoms with Gasteiger partial charge in [0.2, 0.25) is 0 Å². The molecule has 0 unspecified atom stereocenters. The molecule has 92 valence electrons. The minimum absolute atomic E-state index is 0.494. The van der Waals surface area contributed by atoms with Crippen LogP contribution in [0.15, 0.2) is 18.3 Å². The monoisotopic (exact) mass is 249 g/mol. The van der Waals surface area contributed by atoms with Crippen LogP contribution in [0.1, 0.15) is 24.3 Å². The maximum absolute atomic E-state index is 4.56. The molecule has 2 rings (SSSR count). The first-order valence-electron chi connectivity index (χ1n) is 5.89. The minimum atomic E-state index is 0.494. The first-order chi connectivity index (χ1) is 8.06. The van der Waals surface area contributed by atoms with Gasteiger partial charge in [0.1, 0.15) is 5.69 Å². The van der Waals surface area contributed by atoms with E-state index in [-0.39, 0.29) is 0 Å². The molecule has 17 heavy (non-hydrogen) atoms. The average molecular weight is 249 g/mol. The molecule has 4 heteroatoms. The molecule has 0 spiro atoms. The highest BCUT2D eigenvalue weighted by atomic mass is 32.1. The molecular weight excluding hydrogens is 230 g/mol. The molecule has 0 aromatic carbocycles. The zero-order chi connectivity index (χ0) is 12.4. The number of nitrogens with one attached hydrogen (secondary N) is 1. The summed E-state index contributed by atoms with van der Waals surface area (Å²) in [4.78, 5) is 2.58. The van der Waals surface area contributed by atoms with Gasteiger partial charge >= 0.3 is 0 Å². The molecule has 2 aromatic rings. The number of thiophene rings is 1. The van der Waals surface area contributed by atoms with Crippen LogP contribution in [0.4, 0.5) is 0 Å². The van der Waals surface area contributed by atoms with Gasteiger partial charge in [-0.2, -0.15) is 5.10 Å². The lowest BCUT2D eigenvalue weighted by atomic mass is 10.2. The fraction of sp³-hybridized carbons (Fsp3) is 0.462. The third-order valence-electron chi connectivity index (χ3n) is 2.58. The average Bonchev–Trinajstić information content (AvgIpc) is 2.81. The molecule has 0 atom stereocenters. The van der Waals surface area contributed by atoms with Gasteiger partial charge in [-0.25, -0.2) is 0 Å². The standard InChI is InChI=1S/C13H19N3S/c1-9(2)14-7-11-8-16(4)15-13(11)12-6-5-10(3)17-12/h5-6,8-9,14H,7H2,1-4H3. The van der Waals surface area contributed by atoms with E-state index in [0.717, 1.165) is 12.2 Å². The molecule has 0 saturated heterocycles. The lowest BCUT2D eigenvalue weighted by molar-refractivity contribution is 0.589. The quantitative estimate of drug-likeness (QED) is 0.903. The second-order valence-electron chi connectivity index (χ2n) is 4.62. The van der Waals surface area contributed by atoms with Gasteiger partial charge in [0.15, 0.2) is 0 Å². The van der Waals surface area contributed by atoms with E-state index in [1.807, 2.05) is 11.7 Å². The maximum atomic E-state index is 4.56. The molecule has 0 aliphatic rings. The SMILES string of the molecule is Cc1ccc(-c2nn(C)cc2CNC(C)C)s1. The van der Waals surface area contributed by atoms with Crippen LogP contribution in [-0.4, -0.2) is 15.8 Å². The van der Waals surface area contributed by atoms with Crippen molar-refractivity contribution in [2.75, 3.05) is 0 Å². The van der Waals surface area contributed by atoms with E-state index in [1.54, 1.807) is 11.3 Å². The van der Waals surface area contributed by atoms with Crippen molar-refractivity contribution >= 4 is 11.3 Å². The van der Waals surface area contributed by atoms with E-state index in [2.05, 4.69) is 49.5 Å². The van der Waals surface area contributed by atoms with Crippen molar-refractivity contribution in [1.29, 1.82) is 0 Å². The highest BCUT2D eigenvalue weighted by Gasteiger charge is 2.11.